The van der Waals surface area contributed by atoms with Crippen molar-refractivity contribution in [1.29, 1.82) is 0 Å². The zero-order valence-corrected chi connectivity index (χ0v) is 15.9. The number of methoxy groups -OCH3 is 1. The van der Waals surface area contributed by atoms with E-state index in [9.17, 15) is 0 Å². The van der Waals surface area contributed by atoms with Gasteiger partial charge in [-0.3, -0.25) is 10.1 Å². The molecule has 0 bridgehead atoms. The number of aromatic nitrogens is 5. The first kappa shape index (κ1) is 18.2. The molecule has 0 aliphatic carbocycles. The molecular weight excluding hydrogens is 358 g/mol. The normalized spacial score (nSPS) is 16.6. The molecule has 28 heavy (non-hydrogen) atoms. The van der Waals surface area contributed by atoms with Crippen LogP contribution in [0.1, 0.15) is 18.4 Å². The molecule has 0 spiro atoms. The maximum absolute atomic E-state index is 5.92. The Bertz CT molecular complexity index is 938. The molecule has 3 aromatic heterocycles. The van der Waals surface area contributed by atoms with E-state index in [0.29, 0.717) is 23.4 Å². The number of anilines is 2. The van der Waals surface area contributed by atoms with Crippen LogP contribution in [0.15, 0.2) is 30.7 Å². The van der Waals surface area contributed by atoms with Gasteiger partial charge < -0.3 is 20.1 Å². The maximum atomic E-state index is 5.92. The Balaban J connectivity index is 1.48. The minimum Gasteiger partial charge on any atom is -0.481 e. The fourth-order valence-electron chi connectivity index (χ4n) is 3.12. The largest absolute Gasteiger partial charge is 0.481 e. The lowest BCUT2D eigenvalue weighted by molar-refractivity contribution is 0.160. The van der Waals surface area contributed by atoms with Crippen LogP contribution in [-0.2, 0) is 0 Å². The third-order valence-electron chi connectivity index (χ3n) is 4.46. The Hall–Kier alpha value is -3.20. The molecule has 1 fully saturated rings. The van der Waals surface area contributed by atoms with Gasteiger partial charge in [0.25, 0.3) is 0 Å². The van der Waals surface area contributed by atoms with E-state index in [4.69, 9.17) is 9.47 Å². The second kappa shape index (κ2) is 8.22. The molecule has 146 valence electrons. The second-order valence-electron chi connectivity index (χ2n) is 6.69. The number of ether oxygens (including phenoxy) is 2. The second-order valence-corrected chi connectivity index (χ2v) is 6.69. The minimum atomic E-state index is 0.122. The van der Waals surface area contributed by atoms with Crippen LogP contribution in [0.25, 0.3) is 11.3 Å². The first-order valence-electron chi connectivity index (χ1n) is 9.24. The molecule has 1 atom stereocenters. The van der Waals surface area contributed by atoms with Crippen LogP contribution in [0.4, 0.5) is 11.6 Å². The van der Waals surface area contributed by atoms with Crippen LogP contribution in [0.3, 0.4) is 0 Å². The summed E-state index contributed by atoms with van der Waals surface area (Å²) >= 11 is 0. The molecule has 0 radical (unpaired) electrons. The molecular formula is C19H23N7O2. The SMILES string of the molecule is COc1ncc(C)cc1-c1cc(Nc2cncc(O[C@@H]3CCCNC3)n2)n[nH]1. The molecule has 1 saturated heterocycles. The third-order valence-corrected chi connectivity index (χ3v) is 4.46. The average Bonchev–Trinajstić information content (AvgIpc) is 3.17. The van der Waals surface area contributed by atoms with E-state index in [-0.39, 0.29) is 6.10 Å². The van der Waals surface area contributed by atoms with Gasteiger partial charge in [0.2, 0.25) is 11.8 Å². The molecule has 9 heteroatoms. The van der Waals surface area contributed by atoms with Gasteiger partial charge in [-0.1, -0.05) is 0 Å². The van der Waals surface area contributed by atoms with Crippen LogP contribution >= 0.6 is 0 Å². The maximum Gasteiger partial charge on any atom is 0.234 e. The number of hydrogen-bond donors (Lipinski definition) is 3. The molecule has 0 unspecified atom stereocenters. The van der Waals surface area contributed by atoms with Gasteiger partial charge >= 0.3 is 0 Å². The lowest BCUT2D eigenvalue weighted by atomic mass is 10.1. The Morgan fingerprint density at radius 1 is 1.18 bits per heavy atom. The average molecular weight is 381 g/mol. The summed E-state index contributed by atoms with van der Waals surface area (Å²) in [5.41, 5.74) is 2.67. The van der Waals surface area contributed by atoms with E-state index in [2.05, 4.69) is 35.8 Å². The highest BCUT2D eigenvalue weighted by Crippen LogP contribution is 2.29. The number of rotatable bonds is 6. The van der Waals surface area contributed by atoms with Crippen LogP contribution in [0, 0.1) is 6.92 Å². The highest BCUT2D eigenvalue weighted by Gasteiger charge is 2.16. The Labute approximate surface area is 162 Å². The Kier molecular flexibility index (Phi) is 5.34. The number of nitrogens with one attached hydrogen (secondary N) is 3. The molecule has 1 aliphatic heterocycles. The molecule has 9 nitrogen and oxygen atoms in total. The van der Waals surface area contributed by atoms with Crippen molar-refractivity contribution in [3.8, 4) is 23.0 Å². The fraction of sp³-hybridized carbons (Fsp3) is 0.368. The summed E-state index contributed by atoms with van der Waals surface area (Å²) in [6.45, 7) is 3.85. The summed E-state index contributed by atoms with van der Waals surface area (Å²) in [5, 5.41) is 13.8. The summed E-state index contributed by atoms with van der Waals surface area (Å²) in [6, 6.07) is 3.87. The van der Waals surface area contributed by atoms with E-state index in [1.807, 2.05) is 19.1 Å². The summed E-state index contributed by atoms with van der Waals surface area (Å²) in [5.74, 6) is 2.22. The zero-order valence-electron chi connectivity index (χ0n) is 15.9. The standard InChI is InChI=1S/C19H23N7O2/c1-12-6-14(19(27-2)22-8-12)15-7-16(26-25-15)23-17-10-21-11-18(24-17)28-13-4-3-5-20-9-13/h6-8,10-11,13,20H,3-5,9H2,1-2H3,(H2,23,24,25,26)/t13-/m1/s1. The first-order valence-corrected chi connectivity index (χ1v) is 9.24. The summed E-state index contributed by atoms with van der Waals surface area (Å²) in [7, 11) is 1.60. The van der Waals surface area contributed by atoms with E-state index >= 15 is 0 Å². The molecule has 0 aromatic carbocycles. The highest BCUT2D eigenvalue weighted by atomic mass is 16.5. The van der Waals surface area contributed by atoms with Gasteiger partial charge in [0, 0.05) is 18.8 Å². The third kappa shape index (κ3) is 4.20. The molecule has 0 amide bonds. The number of aryl methyl sites for hydroxylation is 1. The summed E-state index contributed by atoms with van der Waals surface area (Å²) in [4.78, 5) is 13.0. The van der Waals surface area contributed by atoms with Gasteiger partial charge in [-0.2, -0.15) is 10.1 Å². The number of aromatic amines is 1. The number of hydrogen-bond acceptors (Lipinski definition) is 8. The monoisotopic (exact) mass is 381 g/mol. The van der Waals surface area contributed by atoms with Crippen molar-refractivity contribution in [1.82, 2.24) is 30.5 Å². The highest BCUT2D eigenvalue weighted by molar-refractivity contribution is 5.69. The van der Waals surface area contributed by atoms with Crippen molar-refractivity contribution < 1.29 is 9.47 Å². The lowest BCUT2D eigenvalue weighted by Crippen LogP contribution is -2.37. The molecule has 4 rings (SSSR count). The first-order chi connectivity index (χ1) is 13.7. The van der Waals surface area contributed by atoms with Crippen molar-refractivity contribution in [2.24, 2.45) is 0 Å². The predicted molar refractivity (Wildman–Crippen MR) is 105 cm³/mol. The van der Waals surface area contributed by atoms with Gasteiger partial charge in [0.05, 0.1) is 30.8 Å². The zero-order chi connectivity index (χ0) is 19.3. The summed E-state index contributed by atoms with van der Waals surface area (Å²) < 4.78 is 11.3. The lowest BCUT2D eigenvalue weighted by Gasteiger charge is -2.23. The molecule has 3 N–H and O–H groups in total. The topological polar surface area (TPSA) is 110 Å². The van der Waals surface area contributed by atoms with Crippen molar-refractivity contribution in [3.63, 3.8) is 0 Å². The van der Waals surface area contributed by atoms with Crippen LogP contribution in [0.2, 0.25) is 0 Å². The number of nitrogens with zero attached hydrogens (tertiary/aromatic N) is 4. The van der Waals surface area contributed by atoms with E-state index in [1.165, 1.54) is 0 Å². The number of piperidine rings is 1. The van der Waals surface area contributed by atoms with Crippen LogP contribution < -0.4 is 20.1 Å². The predicted octanol–water partition coefficient (Wildman–Crippen LogP) is 2.45. The number of pyridine rings is 1. The Morgan fingerprint density at radius 3 is 2.93 bits per heavy atom. The quantitative estimate of drug-likeness (QED) is 0.597. The van der Waals surface area contributed by atoms with Gasteiger partial charge in [0.15, 0.2) is 11.6 Å². The van der Waals surface area contributed by atoms with E-state index in [1.54, 1.807) is 25.7 Å². The van der Waals surface area contributed by atoms with Crippen molar-refractivity contribution >= 4 is 11.6 Å². The van der Waals surface area contributed by atoms with Gasteiger partial charge in [-0.25, -0.2) is 4.98 Å². The fourth-order valence-corrected chi connectivity index (χ4v) is 3.12. The molecule has 4 heterocycles. The van der Waals surface area contributed by atoms with Gasteiger partial charge in [-0.05, 0) is 37.9 Å². The summed E-state index contributed by atoms with van der Waals surface area (Å²) in [6.07, 6.45) is 7.26. The van der Waals surface area contributed by atoms with E-state index in [0.717, 1.165) is 42.8 Å². The van der Waals surface area contributed by atoms with Gasteiger partial charge in [-0.15, -0.1) is 0 Å². The number of H-pyrrole nitrogens is 1. The smallest absolute Gasteiger partial charge is 0.234 e. The Morgan fingerprint density at radius 2 is 2.11 bits per heavy atom. The van der Waals surface area contributed by atoms with Crippen molar-refractivity contribution in [2.45, 2.75) is 25.9 Å². The molecule has 1 aliphatic rings. The van der Waals surface area contributed by atoms with Crippen LogP contribution in [0.5, 0.6) is 11.8 Å². The van der Waals surface area contributed by atoms with Crippen molar-refractivity contribution in [2.75, 3.05) is 25.5 Å². The molecule has 0 saturated carbocycles. The van der Waals surface area contributed by atoms with E-state index < -0.39 is 0 Å². The minimum absolute atomic E-state index is 0.122. The molecule has 3 aromatic rings. The van der Waals surface area contributed by atoms with Gasteiger partial charge in [0.1, 0.15) is 6.10 Å². The van der Waals surface area contributed by atoms with Crippen LogP contribution in [-0.4, -0.2) is 51.5 Å². The van der Waals surface area contributed by atoms with Crippen molar-refractivity contribution in [3.05, 3.63) is 36.3 Å².